The normalized spacial score (nSPS) is 15.4. The Labute approximate surface area is 177 Å². The van der Waals surface area contributed by atoms with Crippen LogP contribution >= 0.6 is 15.9 Å². The second-order valence-corrected chi connectivity index (χ2v) is 9.39. The van der Waals surface area contributed by atoms with Crippen molar-refractivity contribution in [2.24, 2.45) is 0 Å². The van der Waals surface area contributed by atoms with Crippen molar-refractivity contribution in [3.63, 3.8) is 0 Å². The molecule has 2 aromatic carbocycles. The van der Waals surface area contributed by atoms with Crippen LogP contribution in [0.2, 0.25) is 0 Å². The number of halogens is 1. The molecule has 1 aromatic heterocycles. The molecular weight excluding hydrogens is 458 g/mol. The minimum absolute atomic E-state index is 0.116. The molecule has 150 valence electrons. The summed E-state index contributed by atoms with van der Waals surface area (Å²) in [6, 6.07) is 13.7. The summed E-state index contributed by atoms with van der Waals surface area (Å²) in [4.78, 5) is 18.6. The first kappa shape index (κ1) is 19.7. The van der Waals surface area contributed by atoms with Crippen LogP contribution in [0.25, 0.3) is 5.69 Å². The van der Waals surface area contributed by atoms with Gasteiger partial charge in [-0.3, -0.25) is 4.79 Å². The summed E-state index contributed by atoms with van der Waals surface area (Å²) in [5, 5.41) is 4.06. The van der Waals surface area contributed by atoms with Crippen molar-refractivity contribution in [1.82, 2.24) is 24.0 Å². The van der Waals surface area contributed by atoms with Crippen LogP contribution in [0.15, 0.2) is 70.6 Å². The molecule has 1 aliphatic heterocycles. The molecule has 0 spiro atoms. The van der Waals surface area contributed by atoms with Gasteiger partial charge in [-0.05, 0) is 42.5 Å². The van der Waals surface area contributed by atoms with E-state index in [1.54, 1.807) is 64.4 Å². The number of carbonyl (C=O) groups excluding carboxylic acids is 1. The average Bonchev–Trinajstić information content (AvgIpc) is 3.28. The third kappa shape index (κ3) is 4.09. The number of rotatable bonds is 4. The van der Waals surface area contributed by atoms with Gasteiger partial charge in [0, 0.05) is 36.2 Å². The number of aromatic nitrogens is 3. The number of benzene rings is 2. The maximum absolute atomic E-state index is 12.8. The van der Waals surface area contributed by atoms with Crippen molar-refractivity contribution >= 4 is 31.9 Å². The molecule has 0 N–H and O–H groups in total. The Morgan fingerprint density at radius 1 is 1.00 bits per heavy atom. The zero-order chi connectivity index (χ0) is 20.4. The summed E-state index contributed by atoms with van der Waals surface area (Å²) >= 11 is 3.31. The van der Waals surface area contributed by atoms with E-state index in [4.69, 9.17) is 0 Å². The van der Waals surface area contributed by atoms with E-state index in [1.165, 1.54) is 10.6 Å². The van der Waals surface area contributed by atoms with Gasteiger partial charge in [-0.15, -0.1) is 0 Å². The van der Waals surface area contributed by atoms with Crippen LogP contribution in [0.3, 0.4) is 0 Å². The Balaban J connectivity index is 1.42. The molecule has 8 nitrogen and oxygen atoms in total. The van der Waals surface area contributed by atoms with Crippen LogP contribution in [0.5, 0.6) is 0 Å². The standard InChI is InChI=1S/C19H18BrN5O3S/c20-16-2-1-3-18(12-16)29(27,28)24-10-8-23(9-11-24)19(26)15-4-6-17(7-5-15)25-14-21-13-22-25/h1-7,12-14H,8-11H2. The molecular formula is C19H18BrN5O3S. The molecule has 29 heavy (non-hydrogen) atoms. The fourth-order valence-corrected chi connectivity index (χ4v) is 5.21. The van der Waals surface area contributed by atoms with Gasteiger partial charge < -0.3 is 4.90 Å². The molecule has 1 fully saturated rings. The van der Waals surface area contributed by atoms with Gasteiger partial charge in [0.2, 0.25) is 10.0 Å². The second-order valence-electron chi connectivity index (χ2n) is 6.54. The van der Waals surface area contributed by atoms with Gasteiger partial charge >= 0.3 is 0 Å². The van der Waals surface area contributed by atoms with E-state index in [9.17, 15) is 13.2 Å². The van der Waals surface area contributed by atoms with Gasteiger partial charge in [0.05, 0.1) is 10.6 Å². The Bertz CT molecular complexity index is 1110. The highest BCUT2D eigenvalue weighted by molar-refractivity contribution is 9.10. The smallest absolute Gasteiger partial charge is 0.253 e. The molecule has 0 aliphatic carbocycles. The van der Waals surface area contributed by atoms with E-state index < -0.39 is 10.0 Å². The number of nitrogens with zero attached hydrogens (tertiary/aromatic N) is 5. The third-order valence-corrected chi connectivity index (χ3v) is 7.15. The lowest BCUT2D eigenvalue weighted by atomic mass is 10.1. The molecule has 10 heteroatoms. The summed E-state index contributed by atoms with van der Waals surface area (Å²) in [6.07, 6.45) is 3.03. The maximum Gasteiger partial charge on any atom is 0.253 e. The third-order valence-electron chi connectivity index (χ3n) is 4.76. The summed E-state index contributed by atoms with van der Waals surface area (Å²) in [5.74, 6) is -0.116. The number of piperazine rings is 1. The first-order valence-corrected chi connectivity index (χ1v) is 11.2. The minimum Gasteiger partial charge on any atom is -0.336 e. The van der Waals surface area contributed by atoms with E-state index in [0.29, 0.717) is 23.1 Å². The molecule has 1 amide bonds. The zero-order valence-electron chi connectivity index (χ0n) is 15.3. The fraction of sp³-hybridized carbons (Fsp3) is 0.211. The van der Waals surface area contributed by atoms with Crippen molar-refractivity contribution in [1.29, 1.82) is 0 Å². The fourth-order valence-electron chi connectivity index (χ4n) is 3.19. The van der Waals surface area contributed by atoms with Crippen molar-refractivity contribution in [2.45, 2.75) is 4.90 Å². The monoisotopic (exact) mass is 475 g/mol. The first-order valence-electron chi connectivity index (χ1n) is 8.95. The maximum atomic E-state index is 12.8. The molecule has 4 rings (SSSR count). The van der Waals surface area contributed by atoms with Gasteiger partial charge in [0.15, 0.2) is 0 Å². The molecule has 0 radical (unpaired) electrons. The van der Waals surface area contributed by atoms with Crippen LogP contribution in [-0.2, 0) is 10.0 Å². The molecule has 3 aromatic rings. The highest BCUT2D eigenvalue weighted by Gasteiger charge is 2.30. The number of sulfonamides is 1. The van der Waals surface area contributed by atoms with E-state index in [-0.39, 0.29) is 23.9 Å². The van der Waals surface area contributed by atoms with Crippen molar-refractivity contribution in [2.75, 3.05) is 26.2 Å². The Morgan fingerprint density at radius 2 is 1.72 bits per heavy atom. The van der Waals surface area contributed by atoms with Gasteiger partial charge in [0.25, 0.3) is 5.91 Å². The van der Waals surface area contributed by atoms with E-state index in [2.05, 4.69) is 26.0 Å². The number of hydrogen-bond donors (Lipinski definition) is 0. The quantitative estimate of drug-likeness (QED) is 0.576. The lowest BCUT2D eigenvalue weighted by Crippen LogP contribution is -2.50. The molecule has 1 aliphatic rings. The molecule has 0 saturated carbocycles. The SMILES string of the molecule is O=C(c1ccc(-n2cncn2)cc1)N1CCN(S(=O)(=O)c2cccc(Br)c2)CC1. The van der Waals surface area contributed by atoms with Crippen LogP contribution < -0.4 is 0 Å². The molecule has 0 bridgehead atoms. The zero-order valence-corrected chi connectivity index (χ0v) is 17.8. The second kappa shape index (κ2) is 8.05. The number of hydrogen-bond acceptors (Lipinski definition) is 5. The van der Waals surface area contributed by atoms with E-state index in [0.717, 1.165) is 5.69 Å². The average molecular weight is 476 g/mol. The van der Waals surface area contributed by atoms with Crippen LogP contribution in [0, 0.1) is 0 Å². The molecule has 2 heterocycles. The number of carbonyl (C=O) groups is 1. The highest BCUT2D eigenvalue weighted by atomic mass is 79.9. The summed E-state index contributed by atoms with van der Waals surface area (Å²) in [6.45, 7) is 1.21. The van der Waals surface area contributed by atoms with Gasteiger partial charge in [-0.2, -0.15) is 9.40 Å². The van der Waals surface area contributed by atoms with E-state index >= 15 is 0 Å². The largest absolute Gasteiger partial charge is 0.336 e. The highest BCUT2D eigenvalue weighted by Crippen LogP contribution is 2.22. The lowest BCUT2D eigenvalue weighted by Gasteiger charge is -2.34. The molecule has 0 unspecified atom stereocenters. The van der Waals surface area contributed by atoms with Crippen LogP contribution in [0.4, 0.5) is 0 Å². The van der Waals surface area contributed by atoms with Crippen LogP contribution in [-0.4, -0.2) is 64.5 Å². The summed E-state index contributed by atoms with van der Waals surface area (Å²) in [7, 11) is -3.58. The molecule has 0 atom stereocenters. The van der Waals surface area contributed by atoms with Crippen molar-refractivity contribution in [3.05, 3.63) is 71.2 Å². The predicted octanol–water partition coefficient (Wildman–Crippen LogP) is 2.18. The van der Waals surface area contributed by atoms with E-state index in [1.807, 2.05) is 0 Å². The Kier molecular flexibility index (Phi) is 5.48. The Morgan fingerprint density at radius 3 is 2.34 bits per heavy atom. The first-order chi connectivity index (χ1) is 13.9. The van der Waals surface area contributed by atoms with Crippen molar-refractivity contribution in [3.8, 4) is 5.69 Å². The number of amides is 1. The van der Waals surface area contributed by atoms with Gasteiger partial charge in [-0.1, -0.05) is 22.0 Å². The molecule has 1 saturated heterocycles. The lowest BCUT2D eigenvalue weighted by molar-refractivity contribution is 0.0698. The van der Waals surface area contributed by atoms with Crippen molar-refractivity contribution < 1.29 is 13.2 Å². The van der Waals surface area contributed by atoms with Crippen LogP contribution in [0.1, 0.15) is 10.4 Å². The summed E-state index contributed by atoms with van der Waals surface area (Å²) in [5.41, 5.74) is 1.36. The predicted molar refractivity (Wildman–Crippen MR) is 110 cm³/mol. The summed E-state index contributed by atoms with van der Waals surface area (Å²) < 4.78 is 29.4. The Hall–Kier alpha value is -2.56. The minimum atomic E-state index is -3.58. The van der Waals surface area contributed by atoms with Gasteiger partial charge in [0.1, 0.15) is 12.7 Å². The topological polar surface area (TPSA) is 88.4 Å². The van der Waals surface area contributed by atoms with Gasteiger partial charge in [-0.25, -0.2) is 18.1 Å².